The molecule has 14 heavy (non-hydrogen) atoms. The van der Waals surface area contributed by atoms with Crippen LogP contribution in [0.5, 0.6) is 0 Å². The zero-order chi connectivity index (χ0) is 9.54. The SMILES string of the molecule is O=c1cc2cc3ccccc3c-2[nH][nH]1. The van der Waals surface area contributed by atoms with Gasteiger partial charge in [-0.25, -0.2) is 0 Å². The molecule has 2 aliphatic rings. The molecule has 0 saturated carbocycles. The number of rotatable bonds is 0. The number of H-pyrrole nitrogens is 2. The number of hydrogen-bond acceptors (Lipinski definition) is 1. The van der Waals surface area contributed by atoms with Crippen LogP contribution >= 0.6 is 0 Å². The van der Waals surface area contributed by atoms with Crippen LogP contribution in [0.25, 0.3) is 22.0 Å². The van der Waals surface area contributed by atoms with E-state index in [2.05, 4.69) is 10.2 Å². The minimum atomic E-state index is -0.104. The summed E-state index contributed by atoms with van der Waals surface area (Å²) in [5.41, 5.74) is 1.84. The van der Waals surface area contributed by atoms with Crippen LogP contribution in [-0.2, 0) is 0 Å². The van der Waals surface area contributed by atoms with Crippen molar-refractivity contribution in [2.75, 3.05) is 0 Å². The summed E-state index contributed by atoms with van der Waals surface area (Å²) in [6.45, 7) is 0. The number of benzene rings is 1. The Morgan fingerprint density at radius 2 is 1.86 bits per heavy atom. The Kier molecular flexibility index (Phi) is 1.31. The van der Waals surface area contributed by atoms with E-state index >= 15 is 0 Å². The highest BCUT2D eigenvalue weighted by Crippen LogP contribution is 2.30. The van der Waals surface area contributed by atoms with Gasteiger partial charge in [0.15, 0.2) is 0 Å². The van der Waals surface area contributed by atoms with Gasteiger partial charge in [0.05, 0.1) is 5.69 Å². The summed E-state index contributed by atoms with van der Waals surface area (Å²) in [5.74, 6) is 0. The average Bonchev–Trinajstić information content (AvgIpc) is 2.54. The predicted molar refractivity (Wildman–Crippen MR) is 55.5 cm³/mol. The summed E-state index contributed by atoms with van der Waals surface area (Å²) < 4.78 is 0. The fourth-order valence-electron chi connectivity index (χ4n) is 1.80. The third-order valence-corrected chi connectivity index (χ3v) is 2.43. The van der Waals surface area contributed by atoms with Gasteiger partial charge in [-0.15, -0.1) is 0 Å². The van der Waals surface area contributed by atoms with Crippen LogP contribution in [0.2, 0.25) is 0 Å². The molecule has 1 aromatic carbocycles. The van der Waals surface area contributed by atoms with Gasteiger partial charge in [-0.2, -0.15) is 0 Å². The van der Waals surface area contributed by atoms with E-state index in [0.717, 1.165) is 22.0 Å². The van der Waals surface area contributed by atoms with Gasteiger partial charge >= 0.3 is 0 Å². The third kappa shape index (κ3) is 0.893. The Hall–Kier alpha value is -2.03. The van der Waals surface area contributed by atoms with Crippen LogP contribution in [0.15, 0.2) is 41.2 Å². The van der Waals surface area contributed by atoms with Crippen molar-refractivity contribution in [2.24, 2.45) is 0 Å². The zero-order valence-electron chi connectivity index (χ0n) is 7.37. The lowest BCUT2D eigenvalue weighted by Crippen LogP contribution is -2.06. The molecular formula is C11H8N2O. The molecule has 0 aromatic heterocycles. The maximum Gasteiger partial charge on any atom is 0.262 e. The van der Waals surface area contributed by atoms with Crippen molar-refractivity contribution in [1.29, 1.82) is 0 Å². The quantitative estimate of drug-likeness (QED) is 0.551. The van der Waals surface area contributed by atoms with E-state index in [0.29, 0.717) is 0 Å². The molecule has 1 aromatic rings. The first-order valence-corrected chi connectivity index (χ1v) is 4.44. The first-order valence-electron chi connectivity index (χ1n) is 4.44. The monoisotopic (exact) mass is 184 g/mol. The summed E-state index contributed by atoms with van der Waals surface area (Å²) in [6.07, 6.45) is 0. The molecule has 2 N–H and O–H groups in total. The Morgan fingerprint density at radius 1 is 1.00 bits per heavy atom. The third-order valence-electron chi connectivity index (χ3n) is 2.43. The standard InChI is InChI=1S/C11H8N2O/c14-10-6-8-5-7-3-1-2-4-9(7)11(8)13-12-10/h1-6,13H,(H,12,14). The largest absolute Gasteiger partial charge is 0.297 e. The normalized spacial score (nSPS) is 11.1. The Bertz CT molecular complexity index is 621. The highest BCUT2D eigenvalue weighted by molar-refractivity contribution is 6.00. The van der Waals surface area contributed by atoms with Crippen molar-refractivity contribution in [3.8, 4) is 11.3 Å². The second-order valence-corrected chi connectivity index (χ2v) is 3.32. The zero-order valence-corrected chi connectivity index (χ0v) is 7.37. The van der Waals surface area contributed by atoms with Gasteiger partial charge in [0, 0.05) is 17.0 Å². The van der Waals surface area contributed by atoms with Crippen LogP contribution < -0.4 is 5.56 Å². The Labute approximate surface area is 79.7 Å². The molecule has 3 heteroatoms. The van der Waals surface area contributed by atoms with Gasteiger partial charge in [0.1, 0.15) is 0 Å². The molecule has 3 rings (SSSR count). The number of nitrogens with one attached hydrogen (secondary N) is 2. The molecule has 0 radical (unpaired) electrons. The number of aromatic nitrogens is 2. The van der Waals surface area contributed by atoms with E-state index in [9.17, 15) is 4.79 Å². The van der Waals surface area contributed by atoms with E-state index in [1.807, 2.05) is 30.3 Å². The summed E-state index contributed by atoms with van der Waals surface area (Å²) in [5, 5.41) is 7.76. The van der Waals surface area contributed by atoms with Gasteiger partial charge in [0.25, 0.3) is 5.56 Å². The van der Waals surface area contributed by atoms with Crippen molar-refractivity contribution in [1.82, 2.24) is 10.2 Å². The Balaban J connectivity index is 2.56. The van der Waals surface area contributed by atoms with Crippen LogP contribution in [0, 0.1) is 0 Å². The van der Waals surface area contributed by atoms with Crippen LogP contribution in [0.3, 0.4) is 0 Å². The molecule has 0 amide bonds. The van der Waals surface area contributed by atoms with Gasteiger partial charge in [0.2, 0.25) is 0 Å². The minimum Gasteiger partial charge on any atom is -0.297 e. The van der Waals surface area contributed by atoms with E-state index in [4.69, 9.17) is 0 Å². The van der Waals surface area contributed by atoms with Gasteiger partial charge in [-0.05, 0) is 11.5 Å². The second-order valence-electron chi connectivity index (χ2n) is 3.32. The molecule has 0 atom stereocenters. The lowest BCUT2D eigenvalue weighted by atomic mass is 10.2. The van der Waals surface area contributed by atoms with Crippen LogP contribution in [0.4, 0.5) is 0 Å². The summed E-state index contributed by atoms with van der Waals surface area (Å²) in [6, 6.07) is 11.7. The number of hydrogen-bond donors (Lipinski definition) is 2. The summed E-state index contributed by atoms with van der Waals surface area (Å²) in [4.78, 5) is 11.1. The van der Waals surface area contributed by atoms with Crippen molar-refractivity contribution in [2.45, 2.75) is 0 Å². The molecule has 0 bridgehead atoms. The smallest absolute Gasteiger partial charge is 0.262 e. The summed E-state index contributed by atoms with van der Waals surface area (Å²) in [7, 11) is 0. The van der Waals surface area contributed by atoms with Crippen molar-refractivity contribution in [3.05, 3.63) is 46.8 Å². The van der Waals surface area contributed by atoms with E-state index in [1.54, 1.807) is 6.07 Å². The van der Waals surface area contributed by atoms with Gasteiger partial charge in [-0.3, -0.25) is 15.0 Å². The van der Waals surface area contributed by atoms with Gasteiger partial charge in [-0.1, -0.05) is 24.3 Å². The molecule has 3 nitrogen and oxygen atoms in total. The lowest BCUT2D eigenvalue weighted by molar-refractivity contribution is 1.00. The molecule has 68 valence electrons. The molecular weight excluding hydrogens is 176 g/mol. The fraction of sp³-hybridized carbons (Fsp3) is 0. The van der Waals surface area contributed by atoms with Crippen molar-refractivity contribution >= 4 is 10.8 Å². The van der Waals surface area contributed by atoms with Crippen LogP contribution in [0.1, 0.15) is 0 Å². The van der Waals surface area contributed by atoms with Gasteiger partial charge < -0.3 is 0 Å². The maximum absolute atomic E-state index is 11.1. The van der Waals surface area contributed by atoms with E-state index < -0.39 is 0 Å². The highest BCUT2D eigenvalue weighted by atomic mass is 16.1. The Morgan fingerprint density at radius 3 is 2.79 bits per heavy atom. The highest BCUT2D eigenvalue weighted by Gasteiger charge is 2.09. The molecule has 1 heterocycles. The predicted octanol–water partition coefficient (Wildman–Crippen LogP) is 1.96. The number of aromatic amines is 2. The number of fused-ring (bicyclic) bond motifs is 3. The van der Waals surface area contributed by atoms with Crippen molar-refractivity contribution in [3.63, 3.8) is 0 Å². The maximum atomic E-state index is 11.1. The fourth-order valence-corrected chi connectivity index (χ4v) is 1.80. The van der Waals surface area contributed by atoms with Crippen LogP contribution in [-0.4, -0.2) is 10.2 Å². The van der Waals surface area contributed by atoms with E-state index in [1.165, 1.54) is 0 Å². The van der Waals surface area contributed by atoms with Crippen molar-refractivity contribution < 1.29 is 0 Å². The lowest BCUT2D eigenvalue weighted by Gasteiger charge is -1.97. The minimum absolute atomic E-state index is 0.104. The topological polar surface area (TPSA) is 48.6 Å². The summed E-state index contributed by atoms with van der Waals surface area (Å²) >= 11 is 0. The molecule has 0 unspecified atom stereocenters. The first-order chi connectivity index (χ1) is 6.84. The van der Waals surface area contributed by atoms with E-state index in [-0.39, 0.29) is 5.56 Å². The molecule has 1 aliphatic carbocycles. The molecule has 0 fully saturated rings. The average molecular weight is 184 g/mol. The molecule has 1 aliphatic heterocycles. The first kappa shape index (κ1) is 7.38. The molecule has 0 spiro atoms. The molecule has 0 saturated heterocycles. The second kappa shape index (κ2) is 2.48.